The summed E-state index contributed by atoms with van der Waals surface area (Å²) in [4.78, 5) is 32.8. The highest BCUT2D eigenvalue weighted by molar-refractivity contribution is 5.60. The van der Waals surface area contributed by atoms with E-state index in [-0.39, 0.29) is 5.69 Å². The number of hydrogen-bond acceptors (Lipinski definition) is 8. The SMILES string of the molecule is Cc1cc(N2CCN(c3ccnc(C)n3)CC2)nc(-c2ccc([N+](=O)[O-])cc2)n1. The van der Waals surface area contributed by atoms with Gasteiger partial charge in [-0.25, -0.2) is 19.9 Å². The van der Waals surface area contributed by atoms with Crippen molar-refractivity contribution in [2.75, 3.05) is 36.0 Å². The number of anilines is 2. The Balaban J connectivity index is 1.52. The lowest BCUT2D eigenvalue weighted by molar-refractivity contribution is -0.384. The quantitative estimate of drug-likeness (QED) is 0.494. The average molecular weight is 391 g/mol. The summed E-state index contributed by atoms with van der Waals surface area (Å²) in [6.07, 6.45) is 1.79. The Hall–Kier alpha value is -3.62. The molecular formula is C20H21N7O2. The van der Waals surface area contributed by atoms with Crippen molar-refractivity contribution in [1.29, 1.82) is 0 Å². The van der Waals surface area contributed by atoms with Gasteiger partial charge >= 0.3 is 0 Å². The van der Waals surface area contributed by atoms with E-state index < -0.39 is 4.92 Å². The van der Waals surface area contributed by atoms with Crippen molar-refractivity contribution in [3.05, 3.63) is 64.2 Å². The molecule has 3 heterocycles. The molecule has 0 saturated carbocycles. The van der Waals surface area contributed by atoms with Crippen LogP contribution in [0.5, 0.6) is 0 Å². The minimum absolute atomic E-state index is 0.0534. The van der Waals surface area contributed by atoms with Gasteiger partial charge in [0.2, 0.25) is 0 Å². The first-order valence-corrected chi connectivity index (χ1v) is 9.40. The van der Waals surface area contributed by atoms with Crippen molar-refractivity contribution < 1.29 is 4.92 Å². The topological polar surface area (TPSA) is 101 Å². The highest BCUT2D eigenvalue weighted by Gasteiger charge is 2.20. The monoisotopic (exact) mass is 391 g/mol. The van der Waals surface area contributed by atoms with Crippen molar-refractivity contribution in [3.63, 3.8) is 0 Å². The van der Waals surface area contributed by atoms with Gasteiger partial charge < -0.3 is 9.80 Å². The van der Waals surface area contributed by atoms with E-state index in [1.165, 1.54) is 12.1 Å². The van der Waals surface area contributed by atoms with Gasteiger partial charge in [0.05, 0.1) is 4.92 Å². The lowest BCUT2D eigenvalue weighted by Crippen LogP contribution is -2.47. The third-order valence-electron chi connectivity index (χ3n) is 4.87. The second kappa shape index (κ2) is 7.78. The zero-order chi connectivity index (χ0) is 20.4. The van der Waals surface area contributed by atoms with Gasteiger partial charge in [0.1, 0.15) is 17.5 Å². The van der Waals surface area contributed by atoms with E-state index in [1.54, 1.807) is 18.3 Å². The first-order valence-electron chi connectivity index (χ1n) is 9.40. The molecule has 148 valence electrons. The van der Waals surface area contributed by atoms with Gasteiger partial charge in [-0.1, -0.05) is 0 Å². The lowest BCUT2D eigenvalue weighted by atomic mass is 10.2. The van der Waals surface area contributed by atoms with Crippen LogP contribution >= 0.6 is 0 Å². The molecule has 3 aromatic rings. The third-order valence-corrected chi connectivity index (χ3v) is 4.87. The van der Waals surface area contributed by atoms with Crippen LogP contribution in [0.15, 0.2) is 42.6 Å². The molecule has 1 aliphatic heterocycles. The molecule has 0 radical (unpaired) electrons. The molecular weight excluding hydrogens is 370 g/mol. The first-order chi connectivity index (χ1) is 14.0. The molecule has 0 aliphatic carbocycles. The van der Waals surface area contributed by atoms with Crippen LogP contribution in [0.2, 0.25) is 0 Å². The van der Waals surface area contributed by atoms with Gasteiger partial charge in [0.25, 0.3) is 5.69 Å². The molecule has 1 aliphatic rings. The molecule has 0 amide bonds. The van der Waals surface area contributed by atoms with Crippen molar-refractivity contribution in [2.24, 2.45) is 0 Å². The maximum absolute atomic E-state index is 10.9. The molecule has 0 spiro atoms. The Morgan fingerprint density at radius 2 is 1.55 bits per heavy atom. The summed E-state index contributed by atoms with van der Waals surface area (Å²) >= 11 is 0. The van der Waals surface area contributed by atoms with Gasteiger partial charge in [0.15, 0.2) is 5.82 Å². The van der Waals surface area contributed by atoms with Crippen LogP contribution in [0, 0.1) is 24.0 Å². The number of nitrogens with zero attached hydrogens (tertiary/aromatic N) is 7. The molecule has 29 heavy (non-hydrogen) atoms. The molecule has 0 bridgehead atoms. The van der Waals surface area contributed by atoms with E-state index in [0.29, 0.717) is 5.82 Å². The number of non-ortho nitro benzene ring substituents is 1. The summed E-state index contributed by atoms with van der Waals surface area (Å²) < 4.78 is 0. The second-order valence-corrected chi connectivity index (χ2v) is 6.93. The van der Waals surface area contributed by atoms with Gasteiger partial charge in [-0.05, 0) is 32.0 Å². The molecule has 0 atom stereocenters. The average Bonchev–Trinajstić information content (AvgIpc) is 2.73. The fourth-order valence-corrected chi connectivity index (χ4v) is 3.36. The summed E-state index contributed by atoms with van der Waals surface area (Å²) in [5.41, 5.74) is 1.67. The predicted molar refractivity (Wildman–Crippen MR) is 110 cm³/mol. The van der Waals surface area contributed by atoms with E-state index >= 15 is 0 Å². The Morgan fingerprint density at radius 3 is 2.17 bits per heavy atom. The normalized spacial score (nSPS) is 14.1. The molecule has 2 aromatic heterocycles. The Labute approximate surface area is 168 Å². The summed E-state index contributed by atoms with van der Waals surface area (Å²) in [6, 6.07) is 10.2. The number of rotatable bonds is 4. The number of hydrogen-bond donors (Lipinski definition) is 0. The maximum atomic E-state index is 10.9. The van der Waals surface area contributed by atoms with Crippen molar-refractivity contribution in [1.82, 2.24) is 19.9 Å². The number of nitro groups is 1. The van der Waals surface area contributed by atoms with Crippen molar-refractivity contribution in [3.8, 4) is 11.4 Å². The number of aryl methyl sites for hydroxylation is 2. The smallest absolute Gasteiger partial charge is 0.269 e. The Morgan fingerprint density at radius 1 is 0.897 bits per heavy atom. The Kier molecular flexibility index (Phi) is 5.03. The molecule has 4 rings (SSSR count). The van der Waals surface area contributed by atoms with Crippen molar-refractivity contribution in [2.45, 2.75) is 13.8 Å². The van der Waals surface area contributed by atoms with Crippen molar-refractivity contribution >= 4 is 17.3 Å². The van der Waals surface area contributed by atoms with E-state index in [2.05, 4.69) is 24.8 Å². The number of benzene rings is 1. The van der Waals surface area contributed by atoms with Gasteiger partial charge in [-0.2, -0.15) is 0 Å². The van der Waals surface area contributed by atoms with Gasteiger partial charge in [-0.15, -0.1) is 0 Å². The minimum atomic E-state index is -0.412. The van der Waals surface area contributed by atoms with E-state index in [1.807, 2.05) is 26.0 Å². The zero-order valence-electron chi connectivity index (χ0n) is 16.3. The maximum Gasteiger partial charge on any atom is 0.269 e. The summed E-state index contributed by atoms with van der Waals surface area (Å²) in [6.45, 7) is 7.14. The largest absolute Gasteiger partial charge is 0.353 e. The van der Waals surface area contributed by atoms with Gasteiger partial charge in [-0.3, -0.25) is 10.1 Å². The summed E-state index contributed by atoms with van der Waals surface area (Å²) in [5, 5.41) is 10.9. The minimum Gasteiger partial charge on any atom is -0.353 e. The van der Waals surface area contributed by atoms with Crippen LogP contribution in [-0.2, 0) is 0 Å². The lowest BCUT2D eigenvalue weighted by Gasteiger charge is -2.36. The molecule has 1 saturated heterocycles. The van der Waals surface area contributed by atoms with E-state index in [9.17, 15) is 10.1 Å². The molecule has 0 unspecified atom stereocenters. The van der Waals surface area contributed by atoms with Crippen LogP contribution in [0.25, 0.3) is 11.4 Å². The van der Waals surface area contributed by atoms with Crippen LogP contribution in [-0.4, -0.2) is 51.0 Å². The van der Waals surface area contributed by atoms with E-state index in [4.69, 9.17) is 4.98 Å². The fourth-order valence-electron chi connectivity index (χ4n) is 3.36. The molecule has 1 aromatic carbocycles. The summed E-state index contributed by atoms with van der Waals surface area (Å²) in [5.74, 6) is 3.15. The van der Waals surface area contributed by atoms with Crippen LogP contribution in [0.3, 0.4) is 0 Å². The number of piperazine rings is 1. The van der Waals surface area contributed by atoms with Crippen LogP contribution in [0.1, 0.15) is 11.5 Å². The highest BCUT2D eigenvalue weighted by Crippen LogP contribution is 2.24. The second-order valence-electron chi connectivity index (χ2n) is 6.93. The molecule has 1 fully saturated rings. The standard InChI is InChI=1S/C20H21N7O2/c1-14-13-19(24-20(22-14)16-3-5-17(6-4-16)27(28)29)26-11-9-25(10-12-26)18-7-8-21-15(2)23-18/h3-8,13H,9-12H2,1-2H3. The number of nitro benzene ring substituents is 1. The third kappa shape index (κ3) is 4.13. The predicted octanol–water partition coefficient (Wildman–Crippen LogP) is 2.79. The Bertz CT molecular complexity index is 1030. The van der Waals surface area contributed by atoms with Crippen LogP contribution < -0.4 is 9.80 Å². The fraction of sp³-hybridized carbons (Fsp3) is 0.300. The van der Waals surface area contributed by atoms with Gasteiger partial charge in [0, 0.05) is 61.8 Å². The molecule has 9 nitrogen and oxygen atoms in total. The molecule has 0 N–H and O–H groups in total. The summed E-state index contributed by atoms with van der Waals surface area (Å²) in [7, 11) is 0. The van der Waals surface area contributed by atoms with E-state index in [0.717, 1.165) is 54.9 Å². The first kappa shape index (κ1) is 18.7. The molecule has 9 heteroatoms. The highest BCUT2D eigenvalue weighted by atomic mass is 16.6. The van der Waals surface area contributed by atoms with Crippen LogP contribution in [0.4, 0.5) is 17.3 Å². The number of aromatic nitrogens is 4. The zero-order valence-corrected chi connectivity index (χ0v) is 16.3.